The fraction of sp³-hybridized carbons (Fsp3) is 0.0741. The number of hydrogen-bond acceptors (Lipinski definition) is 5. The van der Waals surface area contributed by atoms with Crippen LogP contribution in [0.3, 0.4) is 0 Å². The second-order valence-corrected chi connectivity index (χ2v) is 8.30. The Morgan fingerprint density at radius 2 is 1.24 bits per heavy atom. The number of rotatable bonds is 3. The molecule has 0 unspecified atom stereocenters. The monoisotopic (exact) mass is 477 g/mol. The van der Waals surface area contributed by atoms with E-state index < -0.39 is 10.2 Å². The van der Waals surface area contributed by atoms with Gasteiger partial charge in [0.05, 0.1) is 0 Å². The first-order valence-electron chi connectivity index (χ1n) is 10.4. The van der Waals surface area contributed by atoms with Crippen molar-refractivity contribution in [3.63, 3.8) is 0 Å². The van der Waals surface area contributed by atoms with Crippen molar-refractivity contribution in [3.05, 3.63) is 132 Å². The van der Waals surface area contributed by atoms with Crippen LogP contribution in [0.2, 0.25) is 0 Å². The molecule has 34 heavy (non-hydrogen) atoms. The summed E-state index contributed by atoms with van der Waals surface area (Å²) in [4.78, 5) is 0. The third-order valence-electron chi connectivity index (χ3n) is 4.83. The summed E-state index contributed by atoms with van der Waals surface area (Å²) in [6.45, 7) is 0. The van der Waals surface area contributed by atoms with Crippen LogP contribution in [0, 0.1) is 10.2 Å². The zero-order chi connectivity index (χ0) is 24.6. The molecule has 0 saturated heterocycles. The minimum atomic E-state index is -4.94. The normalized spacial score (nSPS) is 16.2. The third-order valence-corrected chi connectivity index (χ3v) is 4.83. The average Bonchev–Trinajstić information content (AvgIpc) is 2.83. The predicted molar refractivity (Wildman–Crippen MR) is 121 cm³/mol. The molecule has 0 bridgehead atoms. The van der Waals surface area contributed by atoms with Crippen molar-refractivity contribution in [1.82, 2.24) is 0 Å². The van der Waals surface area contributed by atoms with Gasteiger partial charge in [0.1, 0.15) is 25.6 Å². The van der Waals surface area contributed by atoms with Crippen LogP contribution in [0.4, 0.5) is 0 Å². The minimum Gasteiger partial charge on any atom is -0.457 e. The van der Waals surface area contributed by atoms with Crippen LogP contribution in [0.15, 0.2) is 121 Å². The highest BCUT2D eigenvalue weighted by Gasteiger charge is 2.14. The quantitative estimate of drug-likeness (QED) is 0.614. The average molecular weight is 478 g/mol. The molecule has 4 rings (SSSR count). The predicted octanol–water partition coefficient (Wildman–Crippen LogP) is 1.03. The number of benzene rings is 2. The fourth-order valence-corrected chi connectivity index (χ4v) is 3.21. The van der Waals surface area contributed by atoms with E-state index in [2.05, 4.69) is 83.5 Å². The Hall–Kier alpha value is -3.52. The summed E-state index contributed by atoms with van der Waals surface area (Å²) < 4.78 is 42.3. The van der Waals surface area contributed by atoms with Crippen molar-refractivity contribution in [1.29, 1.82) is 0 Å². The van der Waals surface area contributed by atoms with Gasteiger partial charge in [0.25, 0.3) is 0 Å². The Labute approximate surface area is 201 Å². The van der Waals surface area contributed by atoms with E-state index in [9.17, 15) is 0 Å². The van der Waals surface area contributed by atoms with Crippen molar-refractivity contribution in [2.45, 2.75) is 0 Å². The molecule has 6 nitrogen and oxygen atoms in total. The van der Waals surface area contributed by atoms with Crippen LogP contribution in [0.1, 0.15) is 11.1 Å². The SMILES string of the molecule is C[N+](C)=C1C=CC(=C/C=C2\C=C(c3ccccc3)C=C(c3ccccc3)O2)C=C1.[O-][Cl+3]([O-])([O-])[O-]. The highest BCUT2D eigenvalue weighted by atomic mass is 35.7. The summed E-state index contributed by atoms with van der Waals surface area (Å²) in [6, 6.07) is 20.6. The van der Waals surface area contributed by atoms with Crippen LogP contribution in [0.5, 0.6) is 0 Å². The molecular formula is C27H24ClNO5. The van der Waals surface area contributed by atoms with Gasteiger partial charge >= 0.3 is 0 Å². The molecule has 1 aliphatic carbocycles. The van der Waals surface area contributed by atoms with E-state index in [0.29, 0.717) is 0 Å². The summed E-state index contributed by atoms with van der Waals surface area (Å²) in [5, 5.41) is 0. The lowest BCUT2D eigenvalue weighted by Crippen LogP contribution is -2.68. The van der Waals surface area contributed by atoms with E-state index >= 15 is 0 Å². The molecule has 0 fully saturated rings. The van der Waals surface area contributed by atoms with E-state index in [4.69, 9.17) is 23.4 Å². The zero-order valence-electron chi connectivity index (χ0n) is 18.8. The van der Waals surface area contributed by atoms with Crippen LogP contribution in [-0.2, 0) is 4.74 Å². The van der Waals surface area contributed by atoms with E-state index in [1.54, 1.807) is 0 Å². The Balaban J connectivity index is 0.000000588. The highest BCUT2D eigenvalue weighted by molar-refractivity contribution is 6.02. The summed E-state index contributed by atoms with van der Waals surface area (Å²) in [5.41, 5.74) is 5.69. The molecule has 0 radical (unpaired) electrons. The van der Waals surface area contributed by atoms with E-state index in [-0.39, 0.29) is 0 Å². The summed E-state index contributed by atoms with van der Waals surface area (Å²) in [5.74, 6) is 1.68. The maximum Gasteiger partial charge on any atom is 0.199 e. The van der Waals surface area contributed by atoms with Gasteiger partial charge < -0.3 is 4.74 Å². The molecule has 7 heteroatoms. The Morgan fingerprint density at radius 3 is 1.76 bits per heavy atom. The van der Waals surface area contributed by atoms with E-state index in [0.717, 1.165) is 28.2 Å². The van der Waals surface area contributed by atoms with Gasteiger partial charge in [0, 0.05) is 17.7 Å². The minimum absolute atomic E-state index is 0.821. The van der Waals surface area contributed by atoms with Gasteiger partial charge in [-0.05, 0) is 47.1 Å². The highest BCUT2D eigenvalue weighted by Crippen LogP contribution is 2.31. The first-order chi connectivity index (χ1) is 16.2. The first-order valence-corrected chi connectivity index (χ1v) is 11.6. The maximum absolute atomic E-state index is 8.49. The van der Waals surface area contributed by atoms with Gasteiger partial charge in [-0.1, -0.05) is 66.7 Å². The Bertz CT molecular complexity index is 1190. The number of nitrogens with zero attached hydrogens (tertiary/aromatic N) is 1. The van der Waals surface area contributed by atoms with E-state index in [1.165, 1.54) is 11.3 Å². The topological polar surface area (TPSA) is 104 Å². The maximum atomic E-state index is 8.49. The van der Waals surface area contributed by atoms with Crippen LogP contribution >= 0.6 is 0 Å². The van der Waals surface area contributed by atoms with Gasteiger partial charge in [0.2, 0.25) is 0 Å². The van der Waals surface area contributed by atoms with Gasteiger partial charge in [-0.3, -0.25) is 0 Å². The van der Waals surface area contributed by atoms with E-state index in [1.807, 2.05) is 44.4 Å². The van der Waals surface area contributed by atoms with Crippen molar-refractivity contribution >= 4 is 17.0 Å². The lowest BCUT2D eigenvalue weighted by molar-refractivity contribution is -2.00. The molecule has 0 N–H and O–H groups in total. The third kappa shape index (κ3) is 8.12. The molecule has 0 spiro atoms. The lowest BCUT2D eigenvalue weighted by Gasteiger charge is -2.18. The molecule has 0 amide bonds. The molecule has 1 aliphatic heterocycles. The van der Waals surface area contributed by atoms with Crippen molar-refractivity contribution < 1.29 is 38.2 Å². The Morgan fingerprint density at radius 1 is 0.706 bits per heavy atom. The van der Waals surface area contributed by atoms with Gasteiger partial charge in [0.15, 0.2) is 5.71 Å². The molecule has 0 aromatic heterocycles. The van der Waals surface area contributed by atoms with Crippen molar-refractivity contribution in [2.24, 2.45) is 0 Å². The molecule has 1 heterocycles. The first kappa shape index (κ1) is 25.1. The summed E-state index contributed by atoms with van der Waals surface area (Å²) in [7, 11) is -0.853. The smallest absolute Gasteiger partial charge is 0.199 e. The lowest BCUT2D eigenvalue weighted by atomic mass is 10.0. The molecule has 2 aromatic rings. The molecular weight excluding hydrogens is 454 g/mol. The number of allylic oxidation sites excluding steroid dienone is 10. The summed E-state index contributed by atoms with van der Waals surface area (Å²) in [6.07, 6.45) is 16.8. The molecule has 2 aromatic carbocycles. The number of hydrogen-bond donors (Lipinski definition) is 0. The zero-order valence-corrected chi connectivity index (χ0v) is 19.5. The largest absolute Gasteiger partial charge is 0.457 e. The molecule has 174 valence electrons. The van der Waals surface area contributed by atoms with Gasteiger partial charge in [-0.15, -0.1) is 10.2 Å². The van der Waals surface area contributed by atoms with Crippen LogP contribution < -0.4 is 18.6 Å². The molecule has 2 aliphatic rings. The molecule has 0 atom stereocenters. The summed E-state index contributed by atoms with van der Waals surface area (Å²) >= 11 is 0. The van der Waals surface area contributed by atoms with Crippen LogP contribution in [-0.4, -0.2) is 24.4 Å². The van der Waals surface area contributed by atoms with Gasteiger partial charge in [-0.25, -0.2) is 23.2 Å². The number of halogens is 1. The van der Waals surface area contributed by atoms with Gasteiger partial charge in [-0.2, -0.15) is 0 Å². The number of ether oxygens (including phenoxy) is 1. The molecule has 0 saturated carbocycles. The standard InChI is InChI=1S/C27H24NO.ClHO4/c1-28(2)25-16-13-21(14-17-25)15-18-26-19-24(22-9-5-3-6-10-22)20-27(29-26)23-11-7-4-8-12-23;2-1(3,4)5/h3-20H,1-2H3;(H,2,3,4,5)/q+1;/p-1/b26-18+;. The van der Waals surface area contributed by atoms with Crippen LogP contribution in [0.25, 0.3) is 11.3 Å². The van der Waals surface area contributed by atoms with Crippen molar-refractivity contribution in [2.75, 3.05) is 14.1 Å². The second-order valence-electron chi connectivity index (χ2n) is 7.54. The fourth-order valence-electron chi connectivity index (χ4n) is 3.21. The Kier molecular flexibility index (Phi) is 8.54. The van der Waals surface area contributed by atoms with Crippen molar-refractivity contribution in [3.8, 4) is 0 Å². The second kappa shape index (κ2) is 11.6.